The van der Waals surface area contributed by atoms with Crippen molar-refractivity contribution in [1.29, 1.82) is 0 Å². The molecule has 4 nitrogen and oxygen atoms in total. The average molecular weight is 239 g/mol. The Labute approximate surface area is 96.9 Å². The van der Waals surface area contributed by atoms with Crippen LogP contribution in [0.5, 0.6) is 0 Å². The Bertz CT molecular complexity index is 469. The second-order valence-electron chi connectivity index (χ2n) is 2.73. The zero-order chi connectivity index (χ0) is 10.7. The summed E-state index contributed by atoms with van der Waals surface area (Å²) >= 11 is 11.0. The van der Waals surface area contributed by atoms with Crippen molar-refractivity contribution in [2.24, 2.45) is 0 Å². The molecule has 0 amide bonds. The molecule has 0 fully saturated rings. The molecule has 0 bridgehead atoms. The van der Waals surface area contributed by atoms with Crippen LogP contribution in [0.25, 0.3) is 0 Å². The molecule has 0 saturated carbocycles. The van der Waals surface area contributed by atoms with E-state index in [0.717, 1.165) is 0 Å². The van der Waals surface area contributed by atoms with E-state index in [-0.39, 0.29) is 0 Å². The molecule has 2 rings (SSSR count). The maximum atomic E-state index is 5.92. The molecule has 0 saturated heterocycles. The first-order chi connectivity index (χ1) is 7.27. The Balaban J connectivity index is 2.17. The summed E-state index contributed by atoms with van der Waals surface area (Å²) < 4.78 is 1.67. The molecule has 0 unspecified atom stereocenters. The van der Waals surface area contributed by atoms with Crippen LogP contribution >= 0.6 is 23.8 Å². The first-order valence-electron chi connectivity index (χ1n) is 4.17. The van der Waals surface area contributed by atoms with Crippen molar-refractivity contribution in [3.63, 3.8) is 0 Å². The van der Waals surface area contributed by atoms with Gasteiger partial charge >= 0.3 is 0 Å². The van der Waals surface area contributed by atoms with Gasteiger partial charge in [-0.2, -0.15) is 0 Å². The van der Waals surface area contributed by atoms with Gasteiger partial charge in [0.15, 0.2) is 10.9 Å². The Morgan fingerprint density at radius 2 is 2.33 bits per heavy atom. The van der Waals surface area contributed by atoms with Crippen LogP contribution in [0.2, 0.25) is 5.02 Å². The molecule has 0 aliphatic rings. The van der Waals surface area contributed by atoms with Crippen molar-refractivity contribution in [3.05, 3.63) is 42.1 Å². The third-order valence-electron chi connectivity index (χ3n) is 1.72. The van der Waals surface area contributed by atoms with Crippen LogP contribution in [0.3, 0.4) is 0 Å². The zero-order valence-corrected chi connectivity index (χ0v) is 9.16. The minimum atomic E-state index is 0.480. The first kappa shape index (κ1) is 10.1. The van der Waals surface area contributed by atoms with Crippen molar-refractivity contribution in [2.45, 2.75) is 0 Å². The lowest BCUT2D eigenvalue weighted by Crippen LogP contribution is -2.18. The minimum absolute atomic E-state index is 0.480. The van der Waals surface area contributed by atoms with Gasteiger partial charge in [0.2, 0.25) is 0 Å². The van der Waals surface area contributed by atoms with Gasteiger partial charge in [0.25, 0.3) is 0 Å². The van der Waals surface area contributed by atoms with E-state index in [1.54, 1.807) is 41.6 Å². The summed E-state index contributed by atoms with van der Waals surface area (Å²) in [5.74, 6) is 0.540. The van der Waals surface area contributed by atoms with E-state index < -0.39 is 0 Å². The molecular formula is C9H7ClN4S. The van der Waals surface area contributed by atoms with Gasteiger partial charge in [-0.15, -0.1) is 0 Å². The highest BCUT2D eigenvalue weighted by Gasteiger charge is 2.03. The van der Waals surface area contributed by atoms with E-state index >= 15 is 0 Å². The van der Waals surface area contributed by atoms with Gasteiger partial charge in [-0.05, 0) is 24.4 Å². The maximum absolute atomic E-state index is 5.92. The van der Waals surface area contributed by atoms with Crippen molar-refractivity contribution in [2.75, 3.05) is 5.32 Å². The standard InChI is InChI=1S/C9H7ClN4S/c10-7-2-1-3-12-8(7)13-9(15)14-5-4-11-6-14/h1-6H,(H,12,13,15). The van der Waals surface area contributed by atoms with E-state index in [0.29, 0.717) is 16.0 Å². The third-order valence-corrected chi connectivity index (χ3v) is 2.34. The SMILES string of the molecule is S=C(Nc1ncccc1Cl)n1ccnc1. The summed E-state index contributed by atoms with van der Waals surface area (Å²) in [4.78, 5) is 7.95. The molecular weight excluding hydrogens is 232 g/mol. The van der Waals surface area contributed by atoms with Crippen molar-refractivity contribution in [1.82, 2.24) is 14.5 Å². The quantitative estimate of drug-likeness (QED) is 0.774. The number of aromatic nitrogens is 3. The Hall–Kier alpha value is -1.46. The number of pyridine rings is 1. The summed E-state index contributed by atoms with van der Waals surface area (Å²) in [6, 6.07) is 3.50. The number of nitrogens with one attached hydrogen (secondary N) is 1. The highest BCUT2D eigenvalue weighted by atomic mass is 35.5. The molecule has 0 atom stereocenters. The molecule has 76 valence electrons. The Kier molecular flexibility index (Phi) is 2.94. The van der Waals surface area contributed by atoms with Crippen LogP contribution in [0.4, 0.5) is 5.82 Å². The van der Waals surface area contributed by atoms with Gasteiger partial charge in [-0.3, -0.25) is 4.57 Å². The van der Waals surface area contributed by atoms with Crippen LogP contribution in [0.15, 0.2) is 37.1 Å². The number of hydrogen-bond donors (Lipinski definition) is 1. The summed E-state index contributed by atoms with van der Waals surface area (Å²) in [6.45, 7) is 0. The lowest BCUT2D eigenvalue weighted by Gasteiger charge is -2.07. The average Bonchev–Trinajstić information content (AvgIpc) is 2.74. The number of halogens is 1. The van der Waals surface area contributed by atoms with Crippen LogP contribution in [-0.4, -0.2) is 19.6 Å². The van der Waals surface area contributed by atoms with Crippen LogP contribution < -0.4 is 5.32 Å². The topological polar surface area (TPSA) is 42.7 Å². The molecule has 0 aliphatic heterocycles. The normalized spacial score (nSPS) is 9.93. The maximum Gasteiger partial charge on any atom is 0.184 e. The predicted molar refractivity (Wildman–Crippen MR) is 63.1 cm³/mol. The van der Waals surface area contributed by atoms with Gasteiger partial charge in [0.05, 0.1) is 5.02 Å². The summed E-state index contributed by atoms with van der Waals surface area (Å²) in [7, 11) is 0. The molecule has 1 N–H and O–H groups in total. The van der Waals surface area contributed by atoms with Crippen LogP contribution in [-0.2, 0) is 0 Å². The zero-order valence-electron chi connectivity index (χ0n) is 7.59. The smallest absolute Gasteiger partial charge is 0.184 e. The predicted octanol–water partition coefficient (Wildman–Crippen LogP) is 2.18. The van der Waals surface area contributed by atoms with Crippen molar-refractivity contribution < 1.29 is 0 Å². The molecule has 0 aliphatic carbocycles. The number of anilines is 1. The lowest BCUT2D eigenvalue weighted by molar-refractivity contribution is 1.14. The fraction of sp³-hybridized carbons (Fsp3) is 0. The number of nitrogens with zero attached hydrogens (tertiary/aromatic N) is 3. The van der Waals surface area contributed by atoms with Crippen LogP contribution in [0, 0.1) is 0 Å². The van der Waals surface area contributed by atoms with E-state index in [1.165, 1.54) is 0 Å². The molecule has 2 aromatic rings. The number of imidazole rings is 1. The molecule has 2 aromatic heterocycles. The van der Waals surface area contributed by atoms with Crippen molar-refractivity contribution in [3.8, 4) is 0 Å². The Morgan fingerprint density at radius 3 is 3.00 bits per heavy atom. The fourth-order valence-corrected chi connectivity index (χ4v) is 1.40. The summed E-state index contributed by atoms with van der Waals surface area (Å²) in [5, 5.41) is 3.93. The molecule has 0 spiro atoms. The van der Waals surface area contributed by atoms with Crippen LogP contribution in [0.1, 0.15) is 0 Å². The van der Waals surface area contributed by atoms with Gasteiger partial charge in [0, 0.05) is 18.6 Å². The fourth-order valence-electron chi connectivity index (χ4n) is 1.02. The van der Waals surface area contributed by atoms with E-state index in [1.807, 2.05) is 0 Å². The second-order valence-corrected chi connectivity index (χ2v) is 3.53. The summed E-state index contributed by atoms with van der Waals surface area (Å²) in [6.07, 6.45) is 6.64. The minimum Gasteiger partial charge on any atom is -0.315 e. The second kappa shape index (κ2) is 4.37. The Morgan fingerprint density at radius 1 is 1.47 bits per heavy atom. The molecule has 6 heteroatoms. The molecule has 0 radical (unpaired) electrons. The molecule has 15 heavy (non-hydrogen) atoms. The van der Waals surface area contributed by atoms with Gasteiger partial charge in [-0.25, -0.2) is 9.97 Å². The third kappa shape index (κ3) is 2.31. The highest BCUT2D eigenvalue weighted by molar-refractivity contribution is 7.80. The van der Waals surface area contributed by atoms with E-state index in [2.05, 4.69) is 15.3 Å². The van der Waals surface area contributed by atoms with Crippen molar-refractivity contribution >= 4 is 34.7 Å². The highest BCUT2D eigenvalue weighted by Crippen LogP contribution is 2.17. The van der Waals surface area contributed by atoms with E-state index in [9.17, 15) is 0 Å². The number of hydrogen-bond acceptors (Lipinski definition) is 3. The lowest BCUT2D eigenvalue weighted by atomic mass is 10.4. The summed E-state index contributed by atoms with van der Waals surface area (Å²) in [5.41, 5.74) is 0. The van der Waals surface area contributed by atoms with E-state index in [4.69, 9.17) is 23.8 Å². The van der Waals surface area contributed by atoms with Gasteiger partial charge in [-0.1, -0.05) is 11.6 Å². The number of rotatable bonds is 1. The molecule has 2 heterocycles. The van der Waals surface area contributed by atoms with Gasteiger partial charge < -0.3 is 5.32 Å². The first-order valence-corrected chi connectivity index (χ1v) is 4.96. The monoisotopic (exact) mass is 238 g/mol. The number of thiocarbonyl (C=S) groups is 1. The van der Waals surface area contributed by atoms with Gasteiger partial charge in [0.1, 0.15) is 6.33 Å². The molecule has 0 aromatic carbocycles. The largest absolute Gasteiger partial charge is 0.315 e.